The summed E-state index contributed by atoms with van der Waals surface area (Å²) in [6, 6.07) is 5.79. The molecular formula is C15H22Cl2N2. The Labute approximate surface area is 125 Å². The number of rotatable bonds is 4. The van der Waals surface area contributed by atoms with Crippen molar-refractivity contribution in [2.75, 3.05) is 0 Å². The maximum atomic E-state index is 6.30. The van der Waals surface area contributed by atoms with Crippen molar-refractivity contribution in [1.82, 2.24) is 5.43 Å². The van der Waals surface area contributed by atoms with Crippen LogP contribution in [0.3, 0.4) is 0 Å². The van der Waals surface area contributed by atoms with Gasteiger partial charge in [0.05, 0.1) is 6.04 Å². The van der Waals surface area contributed by atoms with E-state index in [1.807, 2.05) is 12.1 Å². The summed E-state index contributed by atoms with van der Waals surface area (Å²) in [5, 5.41) is 1.37. The van der Waals surface area contributed by atoms with Gasteiger partial charge in [0.15, 0.2) is 0 Å². The summed E-state index contributed by atoms with van der Waals surface area (Å²) in [6.45, 7) is 2.28. The van der Waals surface area contributed by atoms with Gasteiger partial charge in [-0.15, -0.1) is 0 Å². The largest absolute Gasteiger partial charge is 0.271 e. The highest BCUT2D eigenvalue weighted by molar-refractivity contribution is 6.35. The fourth-order valence-corrected chi connectivity index (χ4v) is 3.69. The van der Waals surface area contributed by atoms with Crippen LogP contribution in [0.5, 0.6) is 0 Å². The zero-order valence-electron chi connectivity index (χ0n) is 11.3. The van der Waals surface area contributed by atoms with E-state index in [0.29, 0.717) is 16.0 Å². The van der Waals surface area contributed by atoms with Crippen LogP contribution >= 0.6 is 23.2 Å². The van der Waals surface area contributed by atoms with Crippen molar-refractivity contribution in [2.24, 2.45) is 17.7 Å². The van der Waals surface area contributed by atoms with Gasteiger partial charge in [-0.05, 0) is 42.4 Å². The number of hydrogen-bond acceptors (Lipinski definition) is 2. The molecule has 1 aliphatic rings. The van der Waals surface area contributed by atoms with E-state index in [9.17, 15) is 0 Å². The minimum atomic E-state index is 0.127. The minimum absolute atomic E-state index is 0.127. The number of benzene rings is 1. The lowest BCUT2D eigenvalue weighted by molar-refractivity contribution is 0.219. The van der Waals surface area contributed by atoms with Gasteiger partial charge >= 0.3 is 0 Å². The van der Waals surface area contributed by atoms with Crippen LogP contribution < -0.4 is 11.3 Å². The second-order valence-electron chi connectivity index (χ2n) is 5.50. The molecule has 3 N–H and O–H groups in total. The molecule has 0 bridgehead atoms. The molecule has 1 aromatic carbocycles. The Morgan fingerprint density at radius 3 is 2.47 bits per heavy atom. The number of hydrogen-bond donors (Lipinski definition) is 2. The molecule has 1 aromatic rings. The van der Waals surface area contributed by atoms with Gasteiger partial charge in [-0.25, -0.2) is 0 Å². The standard InChI is InChI=1S/C15H22Cl2N2/c1-2-10-3-5-11(6-4-10)15(19-18)13-8-7-12(16)9-14(13)17/h7-11,15,19H,2-6,18H2,1H3. The van der Waals surface area contributed by atoms with Gasteiger partial charge in [-0.2, -0.15) is 0 Å². The third-order valence-electron chi connectivity index (χ3n) is 4.42. The molecule has 2 rings (SSSR count). The van der Waals surface area contributed by atoms with Crippen LogP contribution in [0.2, 0.25) is 10.0 Å². The topological polar surface area (TPSA) is 38.0 Å². The fourth-order valence-electron chi connectivity index (χ4n) is 3.16. The lowest BCUT2D eigenvalue weighted by Crippen LogP contribution is -2.35. The normalized spacial score (nSPS) is 25.3. The monoisotopic (exact) mass is 300 g/mol. The van der Waals surface area contributed by atoms with E-state index in [2.05, 4.69) is 12.3 Å². The third kappa shape index (κ3) is 3.63. The summed E-state index contributed by atoms with van der Waals surface area (Å²) in [7, 11) is 0. The van der Waals surface area contributed by atoms with Crippen molar-refractivity contribution in [1.29, 1.82) is 0 Å². The van der Waals surface area contributed by atoms with Crippen LogP contribution in [0.25, 0.3) is 0 Å². The predicted octanol–water partition coefficient (Wildman–Crippen LogP) is 4.71. The highest BCUT2D eigenvalue weighted by Gasteiger charge is 2.28. The molecule has 19 heavy (non-hydrogen) atoms. The summed E-state index contributed by atoms with van der Waals surface area (Å²) in [4.78, 5) is 0. The molecule has 4 heteroatoms. The molecule has 0 aliphatic heterocycles. The molecule has 0 amide bonds. The van der Waals surface area contributed by atoms with Gasteiger partial charge in [0.1, 0.15) is 0 Å². The Hall–Kier alpha value is -0.280. The van der Waals surface area contributed by atoms with Crippen LogP contribution in [0, 0.1) is 11.8 Å². The molecule has 0 aromatic heterocycles. The Morgan fingerprint density at radius 1 is 1.26 bits per heavy atom. The Morgan fingerprint density at radius 2 is 1.95 bits per heavy atom. The molecule has 0 heterocycles. The highest BCUT2D eigenvalue weighted by Crippen LogP contribution is 2.39. The summed E-state index contributed by atoms with van der Waals surface area (Å²) in [5.74, 6) is 7.21. The molecule has 0 saturated heterocycles. The molecule has 2 nitrogen and oxygen atoms in total. The molecule has 1 atom stereocenters. The van der Waals surface area contributed by atoms with Gasteiger partial charge in [0.2, 0.25) is 0 Å². The zero-order chi connectivity index (χ0) is 13.8. The van der Waals surface area contributed by atoms with Gasteiger partial charge in [-0.1, -0.05) is 55.5 Å². The van der Waals surface area contributed by atoms with Crippen molar-refractivity contribution in [2.45, 2.75) is 45.1 Å². The van der Waals surface area contributed by atoms with Crippen molar-refractivity contribution in [3.8, 4) is 0 Å². The number of halogens is 2. The summed E-state index contributed by atoms with van der Waals surface area (Å²) in [6.07, 6.45) is 6.31. The molecule has 106 valence electrons. The lowest BCUT2D eigenvalue weighted by Gasteiger charge is -2.33. The fraction of sp³-hybridized carbons (Fsp3) is 0.600. The van der Waals surface area contributed by atoms with Crippen molar-refractivity contribution >= 4 is 23.2 Å². The van der Waals surface area contributed by atoms with E-state index >= 15 is 0 Å². The van der Waals surface area contributed by atoms with Crippen molar-refractivity contribution < 1.29 is 0 Å². The van der Waals surface area contributed by atoms with E-state index in [0.717, 1.165) is 11.5 Å². The second kappa shape index (κ2) is 6.94. The smallest absolute Gasteiger partial charge is 0.0502 e. The minimum Gasteiger partial charge on any atom is -0.271 e. The molecule has 0 radical (unpaired) electrons. The molecule has 1 fully saturated rings. The van der Waals surface area contributed by atoms with E-state index < -0.39 is 0 Å². The van der Waals surface area contributed by atoms with Crippen LogP contribution in [0.4, 0.5) is 0 Å². The summed E-state index contributed by atoms with van der Waals surface area (Å²) >= 11 is 12.3. The summed E-state index contributed by atoms with van der Waals surface area (Å²) in [5.41, 5.74) is 4.02. The van der Waals surface area contributed by atoms with Gasteiger partial charge < -0.3 is 0 Å². The SMILES string of the molecule is CCC1CCC(C(NN)c2ccc(Cl)cc2Cl)CC1. The average Bonchev–Trinajstić information content (AvgIpc) is 2.42. The first kappa shape index (κ1) is 15.1. The predicted molar refractivity (Wildman–Crippen MR) is 82.3 cm³/mol. The molecule has 1 unspecified atom stereocenters. The Balaban J connectivity index is 2.12. The first-order chi connectivity index (χ1) is 9.15. The third-order valence-corrected chi connectivity index (χ3v) is 4.98. The number of nitrogens with one attached hydrogen (secondary N) is 1. The van der Waals surface area contributed by atoms with E-state index in [4.69, 9.17) is 29.0 Å². The zero-order valence-corrected chi connectivity index (χ0v) is 12.8. The maximum Gasteiger partial charge on any atom is 0.0502 e. The Kier molecular flexibility index (Phi) is 5.52. The van der Waals surface area contributed by atoms with E-state index in [1.54, 1.807) is 6.07 Å². The van der Waals surface area contributed by atoms with Gasteiger partial charge in [0.25, 0.3) is 0 Å². The Bertz CT molecular complexity index is 415. The highest BCUT2D eigenvalue weighted by atomic mass is 35.5. The van der Waals surface area contributed by atoms with Gasteiger partial charge in [-0.3, -0.25) is 11.3 Å². The van der Waals surface area contributed by atoms with Crippen molar-refractivity contribution in [3.63, 3.8) is 0 Å². The summed E-state index contributed by atoms with van der Waals surface area (Å²) < 4.78 is 0. The van der Waals surface area contributed by atoms with E-state index in [-0.39, 0.29) is 6.04 Å². The second-order valence-corrected chi connectivity index (χ2v) is 6.34. The number of hydrazine groups is 1. The number of nitrogens with two attached hydrogens (primary N) is 1. The first-order valence-corrected chi connectivity index (χ1v) is 7.82. The van der Waals surface area contributed by atoms with Crippen LogP contribution in [0.15, 0.2) is 18.2 Å². The first-order valence-electron chi connectivity index (χ1n) is 7.06. The molecule has 1 saturated carbocycles. The molecule has 0 spiro atoms. The average molecular weight is 301 g/mol. The van der Waals surface area contributed by atoms with Gasteiger partial charge in [0, 0.05) is 10.0 Å². The molecular weight excluding hydrogens is 279 g/mol. The quantitative estimate of drug-likeness (QED) is 0.624. The van der Waals surface area contributed by atoms with Crippen LogP contribution in [-0.4, -0.2) is 0 Å². The van der Waals surface area contributed by atoms with E-state index in [1.165, 1.54) is 32.1 Å². The van der Waals surface area contributed by atoms with Crippen LogP contribution in [0.1, 0.15) is 50.6 Å². The maximum absolute atomic E-state index is 6.30. The van der Waals surface area contributed by atoms with Crippen LogP contribution in [-0.2, 0) is 0 Å². The lowest BCUT2D eigenvalue weighted by atomic mass is 9.76. The van der Waals surface area contributed by atoms with Crippen molar-refractivity contribution in [3.05, 3.63) is 33.8 Å². The molecule has 1 aliphatic carbocycles.